The van der Waals surface area contributed by atoms with E-state index in [2.05, 4.69) is 10.3 Å². The Kier molecular flexibility index (Phi) is 5.08. The second kappa shape index (κ2) is 7.62. The van der Waals surface area contributed by atoms with Crippen LogP contribution in [-0.4, -0.2) is 23.8 Å². The van der Waals surface area contributed by atoms with Crippen molar-refractivity contribution >= 4 is 5.69 Å². The molecule has 0 radical (unpaired) electrons. The van der Waals surface area contributed by atoms with Crippen LogP contribution < -0.4 is 10.1 Å². The molecule has 0 aliphatic heterocycles. The first-order valence-corrected chi connectivity index (χ1v) is 7.82. The first-order valence-electron chi connectivity index (χ1n) is 7.82. The number of rotatable bonds is 6. The molecule has 4 nitrogen and oxygen atoms in total. The maximum absolute atomic E-state index is 9.70. The van der Waals surface area contributed by atoms with Crippen molar-refractivity contribution in [3.63, 3.8) is 0 Å². The lowest BCUT2D eigenvalue weighted by molar-refractivity contribution is 0.276. The van der Waals surface area contributed by atoms with Crippen molar-refractivity contribution in [3.8, 4) is 16.9 Å². The molecular formula is C20H20N2O2. The van der Waals surface area contributed by atoms with Gasteiger partial charge in [0.25, 0.3) is 0 Å². The van der Waals surface area contributed by atoms with Crippen molar-refractivity contribution in [2.45, 2.75) is 6.04 Å². The number of hydrogen-bond acceptors (Lipinski definition) is 4. The predicted octanol–water partition coefficient (Wildman–Crippen LogP) is 3.90. The minimum atomic E-state index is -0.173. The van der Waals surface area contributed by atoms with E-state index in [-0.39, 0.29) is 12.6 Å². The van der Waals surface area contributed by atoms with E-state index in [9.17, 15) is 5.11 Å². The number of aromatic nitrogens is 1. The Labute approximate surface area is 141 Å². The molecule has 1 aromatic heterocycles. The lowest BCUT2D eigenvalue weighted by Crippen LogP contribution is -2.14. The SMILES string of the molecule is COc1cccc(-c2cncc(N[C@@H](CO)c3ccccc3)c2)c1. The molecule has 122 valence electrons. The molecule has 0 aliphatic rings. The number of aliphatic hydroxyl groups is 1. The molecule has 1 atom stereocenters. The molecule has 1 heterocycles. The van der Waals surface area contributed by atoms with E-state index in [4.69, 9.17) is 4.74 Å². The van der Waals surface area contributed by atoms with Gasteiger partial charge in [-0.1, -0.05) is 42.5 Å². The second-order valence-electron chi connectivity index (χ2n) is 5.48. The van der Waals surface area contributed by atoms with Crippen LogP contribution in [0, 0.1) is 0 Å². The van der Waals surface area contributed by atoms with E-state index in [1.807, 2.05) is 66.9 Å². The standard InChI is InChI=1S/C20H20N2O2/c1-24-19-9-5-8-16(11-19)17-10-18(13-21-12-17)22-20(14-23)15-6-3-2-4-7-15/h2-13,20,22-23H,14H2,1H3/t20-/m0/s1. The highest BCUT2D eigenvalue weighted by molar-refractivity contribution is 5.68. The molecule has 3 aromatic rings. The van der Waals surface area contributed by atoms with Crippen molar-refractivity contribution in [3.05, 3.63) is 78.6 Å². The van der Waals surface area contributed by atoms with Gasteiger partial charge in [0.1, 0.15) is 5.75 Å². The Balaban J connectivity index is 1.84. The fourth-order valence-corrected chi connectivity index (χ4v) is 2.60. The summed E-state index contributed by atoms with van der Waals surface area (Å²) in [5, 5.41) is 13.0. The largest absolute Gasteiger partial charge is 0.497 e. The minimum Gasteiger partial charge on any atom is -0.497 e. The fourth-order valence-electron chi connectivity index (χ4n) is 2.60. The third-order valence-electron chi connectivity index (χ3n) is 3.87. The van der Waals surface area contributed by atoms with Crippen LogP contribution in [0.4, 0.5) is 5.69 Å². The molecule has 0 saturated carbocycles. The number of pyridine rings is 1. The van der Waals surface area contributed by atoms with Gasteiger partial charge in [-0.05, 0) is 29.3 Å². The first kappa shape index (κ1) is 16.0. The molecular weight excluding hydrogens is 300 g/mol. The number of methoxy groups -OCH3 is 1. The zero-order valence-electron chi connectivity index (χ0n) is 13.5. The Hall–Kier alpha value is -2.85. The monoisotopic (exact) mass is 320 g/mol. The molecule has 0 bridgehead atoms. The Morgan fingerprint density at radius 1 is 1.00 bits per heavy atom. The number of anilines is 1. The highest BCUT2D eigenvalue weighted by Crippen LogP contribution is 2.26. The van der Waals surface area contributed by atoms with Crippen molar-refractivity contribution in [2.75, 3.05) is 19.0 Å². The maximum atomic E-state index is 9.70. The summed E-state index contributed by atoms with van der Waals surface area (Å²) in [7, 11) is 1.65. The van der Waals surface area contributed by atoms with Gasteiger partial charge in [-0.3, -0.25) is 4.98 Å². The summed E-state index contributed by atoms with van der Waals surface area (Å²) in [6, 6.07) is 19.6. The van der Waals surface area contributed by atoms with Crippen LogP contribution in [0.2, 0.25) is 0 Å². The van der Waals surface area contributed by atoms with Crippen molar-refractivity contribution in [1.82, 2.24) is 4.98 Å². The van der Waals surface area contributed by atoms with Gasteiger partial charge in [-0.2, -0.15) is 0 Å². The van der Waals surface area contributed by atoms with E-state index in [1.165, 1.54) is 0 Å². The van der Waals surface area contributed by atoms with E-state index in [0.29, 0.717) is 0 Å². The van der Waals surface area contributed by atoms with Crippen LogP contribution in [0.3, 0.4) is 0 Å². The van der Waals surface area contributed by atoms with Gasteiger partial charge in [0, 0.05) is 18.0 Å². The molecule has 3 rings (SSSR count). The lowest BCUT2D eigenvalue weighted by Gasteiger charge is -2.18. The Morgan fingerprint density at radius 3 is 2.58 bits per heavy atom. The van der Waals surface area contributed by atoms with E-state index >= 15 is 0 Å². The summed E-state index contributed by atoms with van der Waals surface area (Å²) in [6.45, 7) is 0.00734. The van der Waals surface area contributed by atoms with Gasteiger partial charge in [-0.25, -0.2) is 0 Å². The minimum absolute atomic E-state index is 0.00734. The van der Waals surface area contributed by atoms with Gasteiger partial charge in [0.2, 0.25) is 0 Å². The number of aliphatic hydroxyl groups excluding tert-OH is 1. The Morgan fingerprint density at radius 2 is 1.83 bits per heavy atom. The summed E-state index contributed by atoms with van der Waals surface area (Å²) >= 11 is 0. The highest BCUT2D eigenvalue weighted by atomic mass is 16.5. The van der Waals surface area contributed by atoms with Crippen molar-refractivity contribution in [1.29, 1.82) is 0 Å². The molecule has 24 heavy (non-hydrogen) atoms. The summed E-state index contributed by atoms with van der Waals surface area (Å²) in [5.41, 5.74) is 3.92. The normalized spacial score (nSPS) is 11.8. The maximum Gasteiger partial charge on any atom is 0.119 e. The molecule has 0 spiro atoms. The van der Waals surface area contributed by atoms with Gasteiger partial charge in [0.15, 0.2) is 0 Å². The third-order valence-corrected chi connectivity index (χ3v) is 3.87. The average molecular weight is 320 g/mol. The summed E-state index contributed by atoms with van der Waals surface area (Å²) in [4.78, 5) is 4.31. The average Bonchev–Trinajstić information content (AvgIpc) is 2.67. The summed E-state index contributed by atoms with van der Waals surface area (Å²) < 4.78 is 5.28. The Bertz CT molecular complexity index is 790. The van der Waals surface area contributed by atoms with Crippen LogP contribution in [-0.2, 0) is 0 Å². The molecule has 0 saturated heterocycles. The van der Waals surface area contributed by atoms with Crippen molar-refractivity contribution in [2.24, 2.45) is 0 Å². The number of nitrogens with zero attached hydrogens (tertiary/aromatic N) is 1. The van der Waals surface area contributed by atoms with Gasteiger partial charge >= 0.3 is 0 Å². The molecule has 0 aliphatic carbocycles. The van der Waals surface area contributed by atoms with E-state index < -0.39 is 0 Å². The zero-order valence-corrected chi connectivity index (χ0v) is 13.5. The second-order valence-corrected chi connectivity index (χ2v) is 5.48. The van der Waals surface area contributed by atoms with Crippen LogP contribution in [0.25, 0.3) is 11.1 Å². The number of ether oxygens (including phenoxy) is 1. The topological polar surface area (TPSA) is 54.4 Å². The molecule has 0 unspecified atom stereocenters. The third kappa shape index (κ3) is 3.73. The highest BCUT2D eigenvalue weighted by Gasteiger charge is 2.10. The van der Waals surface area contributed by atoms with E-state index in [0.717, 1.165) is 28.1 Å². The number of hydrogen-bond donors (Lipinski definition) is 2. The first-order chi connectivity index (χ1) is 11.8. The summed E-state index contributed by atoms with van der Waals surface area (Å²) in [6.07, 6.45) is 3.58. The van der Waals surface area contributed by atoms with Crippen LogP contribution in [0.15, 0.2) is 73.1 Å². The van der Waals surface area contributed by atoms with E-state index in [1.54, 1.807) is 13.3 Å². The number of benzene rings is 2. The lowest BCUT2D eigenvalue weighted by atomic mass is 10.1. The number of nitrogens with one attached hydrogen (secondary N) is 1. The molecule has 2 aromatic carbocycles. The van der Waals surface area contributed by atoms with Gasteiger partial charge < -0.3 is 15.2 Å². The molecule has 0 amide bonds. The van der Waals surface area contributed by atoms with Crippen LogP contribution in [0.5, 0.6) is 5.75 Å². The van der Waals surface area contributed by atoms with Crippen LogP contribution in [0.1, 0.15) is 11.6 Å². The summed E-state index contributed by atoms with van der Waals surface area (Å²) in [5.74, 6) is 0.809. The molecule has 0 fully saturated rings. The smallest absolute Gasteiger partial charge is 0.119 e. The zero-order chi connectivity index (χ0) is 16.8. The van der Waals surface area contributed by atoms with Gasteiger partial charge in [-0.15, -0.1) is 0 Å². The quantitative estimate of drug-likeness (QED) is 0.723. The fraction of sp³-hybridized carbons (Fsp3) is 0.150. The molecule has 4 heteroatoms. The molecule has 2 N–H and O–H groups in total. The van der Waals surface area contributed by atoms with Crippen molar-refractivity contribution < 1.29 is 9.84 Å². The van der Waals surface area contributed by atoms with Gasteiger partial charge in [0.05, 0.1) is 25.4 Å². The predicted molar refractivity (Wildman–Crippen MR) is 96.1 cm³/mol. The van der Waals surface area contributed by atoms with Crippen LogP contribution >= 0.6 is 0 Å².